The van der Waals surface area contributed by atoms with Crippen LogP contribution in [0, 0.1) is 12.7 Å². The molecular formula is C16H12FN5O2. The van der Waals surface area contributed by atoms with Crippen LogP contribution < -0.4 is 5.76 Å². The van der Waals surface area contributed by atoms with Crippen molar-refractivity contribution in [3.8, 4) is 5.69 Å². The summed E-state index contributed by atoms with van der Waals surface area (Å²) in [5.41, 5.74) is 2.21. The summed E-state index contributed by atoms with van der Waals surface area (Å²) in [6, 6.07) is 11.7. The highest BCUT2D eigenvalue weighted by Crippen LogP contribution is 2.17. The Hall–Kier alpha value is -3.29. The molecule has 0 atom stereocenters. The number of rotatable bonds is 3. The van der Waals surface area contributed by atoms with Crippen molar-refractivity contribution in [2.45, 2.75) is 13.5 Å². The minimum Gasteiger partial charge on any atom is -0.408 e. The average molecular weight is 325 g/mol. The number of tetrazole rings is 1. The van der Waals surface area contributed by atoms with Gasteiger partial charge < -0.3 is 4.42 Å². The number of hydrogen-bond donors (Lipinski definition) is 0. The number of halogens is 1. The van der Waals surface area contributed by atoms with Gasteiger partial charge in [-0.25, -0.2) is 9.18 Å². The van der Waals surface area contributed by atoms with Crippen LogP contribution in [0.3, 0.4) is 0 Å². The third kappa shape index (κ3) is 2.28. The predicted molar refractivity (Wildman–Crippen MR) is 83.4 cm³/mol. The number of benzene rings is 2. The number of oxazole rings is 1. The van der Waals surface area contributed by atoms with Crippen molar-refractivity contribution < 1.29 is 8.81 Å². The summed E-state index contributed by atoms with van der Waals surface area (Å²) >= 11 is 0. The fourth-order valence-electron chi connectivity index (χ4n) is 2.58. The van der Waals surface area contributed by atoms with Crippen LogP contribution in [0.5, 0.6) is 0 Å². The first-order chi connectivity index (χ1) is 11.6. The van der Waals surface area contributed by atoms with Crippen molar-refractivity contribution >= 4 is 11.1 Å². The molecule has 0 spiro atoms. The molecule has 0 aliphatic heterocycles. The van der Waals surface area contributed by atoms with Gasteiger partial charge in [-0.2, -0.15) is 4.68 Å². The Morgan fingerprint density at radius 2 is 2.04 bits per heavy atom. The molecule has 4 rings (SSSR count). The molecule has 0 unspecified atom stereocenters. The highest BCUT2D eigenvalue weighted by molar-refractivity contribution is 5.72. The van der Waals surface area contributed by atoms with E-state index in [0.29, 0.717) is 16.9 Å². The van der Waals surface area contributed by atoms with Crippen LogP contribution in [-0.2, 0) is 6.54 Å². The van der Waals surface area contributed by atoms with Crippen molar-refractivity contribution in [3.05, 3.63) is 70.2 Å². The van der Waals surface area contributed by atoms with E-state index in [1.54, 1.807) is 36.4 Å². The van der Waals surface area contributed by atoms with Crippen molar-refractivity contribution in [1.29, 1.82) is 0 Å². The molecule has 24 heavy (non-hydrogen) atoms. The first kappa shape index (κ1) is 14.3. The molecule has 0 aliphatic carbocycles. The lowest BCUT2D eigenvalue weighted by Gasteiger charge is -2.07. The highest BCUT2D eigenvalue weighted by atomic mass is 19.1. The Kier molecular flexibility index (Phi) is 3.23. The van der Waals surface area contributed by atoms with Crippen LogP contribution >= 0.6 is 0 Å². The topological polar surface area (TPSA) is 78.7 Å². The summed E-state index contributed by atoms with van der Waals surface area (Å²) in [6.45, 7) is 1.91. The maximum Gasteiger partial charge on any atom is 0.420 e. The van der Waals surface area contributed by atoms with E-state index < -0.39 is 11.6 Å². The largest absolute Gasteiger partial charge is 0.420 e. The summed E-state index contributed by atoms with van der Waals surface area (Å²) in [4.78, 5) is 12.1. The molecule has 0 aliphatic rings. The molecular weight excluding hydrogens is 313 g/mol. The summed E-state index contributed by atoms with van der Waals surface area (Å²) in [7, 11) is 0. The zero-order chi connectivity index (χ0) is 16.7. The lowest BCUT2D eigenvalue weighted by Crippen LogP contribution is -2.18. The number of aryl methyl sites for hydroxylation is 1. The van der Waals surface area contributed by atoms with Gasteiger partial charge in [0.15, 0.2) is 11.4 Å². The second-order valence-corrected chi connectivity index (χ2v) is 5.38. The van der Waals surface area contributed by atoms with Crippen molar-refractivity contribution in [1.82, 2.24) is 24.8 Å². The fraction of sp³-hybridized carbons (Fsp3) is 0.125. The monoisotopic (exact) mass is 325 g/mol. The number of nitrogens with zero attached hydrogens (tertiary/aromatic N) is 5. The van der Waals surface area contributed by atoms with Gasteiger partial charge in [0.2, 0.25) is 0 Å². The van der Waals surface area contributed by atoms with E-state index in [1.807, 2.05) is 6.92 Å². The van der Waals surface area contributed by atoms with Crippen LogP contribution in [0.15, 0.2) is 51.7 Å². The zero-order valence-corrected chi connectivity index (χ0v) is 12.7. The third-order valence-corrected chi connectivity index (χ3v) is 3.74. The Morgan fingerprint density at radius 1 is 1.21 bits per heavy atom. The normalized spacial score (nSPS) is 11.2. The minimum absolute atomic E-state index is 0.0657. The van der Waals surface area contributed by atoms with Gasteiger partial charge in [-0.15, -0.1) is 5.10 Å². The molecule has 0 saturated heterocycles. The fourth-order valence-corrected chi connectivity index (χ4v) is 2.58. The second-order valence-electron chi connectivity index (χ2n) is 5.38. The molecule has 0 fully saturated rings. The first-order valence-electron chi connectivity index (χ1n) is 7.25. The molecule has 0 N–H and O–H groups in total. The molecule has 2 heterocycles. The van der Waals surface area contributed by atoms with Crippen LogP contribution in [0.25, 0.3) is 16.8 Å². The number of para-hydroxylation sites is 2. The molecule has 0 amide bonds. The lowest BCUT2D eigenvalue weighted by molar-refractivity contribution is 0.511. The maximum atomic E-state index is 14.1. The molecule has 0 saturated carbocycles. The SMILES string of the molecule is Cc1ccc(F)c(-n2nnnc2Cn2c(=O)oc3ccccc32)c1. The van der Waals surface area contributed by atoms with Crippen LogP contribution in [-0.4, -0.2) is 24.8 Å². The highest BCUT2D eigenvalue weighted by Gasteiger charge is 2.16. The van der Waals surface area contributed by atoms with Crippen LogP contribution in [0.1, 0.15) is 11.4 Å². The van der Waals surface area contributed by atoms with Crippen molar-refractivity contribution in [3.63, 3.8) is 0 Å². The van der Waals surface area contributed by atoms with Gasteiger partial charge in [0, 0.05) is 0 Å². The first-order valence-corrected chi connectivity index (χ1v) is 7.25. The zero-order valence-electron chi connectivity index (χ0n) is 12.7. The molecule has 2 aromatic carbocycles. The van der Waals surface area contributed by atoms with Crippen LogP contribution in [0.2, 0.25) is 0 Å². The van der Waals surface area contributed by atoms with E-state index in [0.717, 1.165) is 5.56 Å². The Bertz CT molecular complexity index is 1100. The predicted octanol–water partition coefficient (Wildman–Crippen LogP) is 2.07. The van der Waals surface area contributed by atoms with Gasteiger partial charge in [-0.1, -0.05) is 18.2 Å². The van der Waals surface area contributed by atoms with Gasteiger partial charge >= 0.3 is 5.76 Å². The molecule has 2 aromatic heterocycles. The average Bonchev–Trinajstić information content (AvgIpc) is 3.15. The van der Waals surface area contributed by atoms with Crippen LogP contribution in [0.4, 0.5) is 4.39 Å². The standard InChI is InChI=1S/C16H12FN5O2/c1-10-6-7-11(17)13(8-10)22-15(18-19-20-22)9-21-12-4-2-3-5-14(12)24-16(21)23/h2-8H,9H2,1H3. The summed E-state index contributed by atoms with van der Waals surface area (Å²) in [5, 5.41) is 11.4. The van der Waals surface area contributed by atoms with Gasteiger partial charge in [-0.3, -0.25) is 4.57 Å². The number of hydrogen-bond acceptors (Lipinski definition) is 5. The Labute approximate surface area is 134 Å². The van der Waals surface area contributed by atoms with E-state index in [9.17, 15) is 9.18 Å². The van der Waals surface area contributed by atoms with E-state index in [4.69, 9.17) is 4.42 Å². The van der Waals surface area contributed by atoms with Gasteiger partial charge in [0.1, 0.15) is 11.5 Å². The summed E-state index contributed by atoms with van der Waals surface area (Å²) in [6.07, 6.45) is 0. The molecule has 8 heteroatoms. The van der Waals surface area contributed by atoms with E-state index >= 15 is 0 Å². The lowest BCUT2D eigenvalue weighted by atomic mass is 10.2. The summed E-state index contributed by atoms with van der Waals surface area (Å²) in [5.74, 6) is -0.637. The molecule has 0 bridgehead atoms. The second kappa shape index (κ2) is 5.41. The van der Waals surface area contributed by atoms with E-state index in [1.165, 1.54) is 15.3 Å². The molecule has 0 radical (unpaired) electrons. The smallest absolute Gasteiger partial charge is 0.408 e. The molecule has 120 valence electrons. The molecule has 7 nitrogen and oxygen atoms in total. The van der Waals surface area contributed by atoms with Gasteiger partial charge in [0.05, 0.1) is 12.1 Å². The Balaban J connectivity index is 1.82. The quantitative estimate of drug-likeness (QED) is 0.576. The van der Waals surface area contributed by atoms with Crippen molar-refractivity contribution in [2.24, 2.45) is 0 Å². The minimum atomic E-state index is -0.518. The van der Waals surface area contributed by atoms with E-state index in [-0.39, 0.29) is 12.2 Å². The number of fused-ring (bicyclic) bond motifs is 1. The van der Waals surface area contributed by atoms with Crippen molar-refractivity contribution in [2.75, 3.05) is 0 Å². The Morgan fingerprint density at radius 3 is 2.92 bits per heavy atom. The third-order valence-electron chi connectivity index (χ3n) is 3.74. The number of aromatic nitrogens is 5. The van der Waals surface area contributed by atoms with E-state index in [2.05, 4.69) is 15.5 Å². The molecule has 4 aromatic rings. The van der Waals surface area contributed by atoms with Gasteiger partial charge in [-0.05, 0) is 47.2 Å². The summed E-state index contributed by atoms with van der Waals surface area (Å²) < 4.78 is 22.0. The maximum absolute atomic E-state index is 14.1. The van der Waals surface area contributed by atoms with Gasteiger partial charge in [0.25, 0.3) is 0 Å².